The quantitative estimate of drug-likeness (QED) is 0.272. The second kappa shape index (κ2) is 11.6. The van der Waals surface area contributed by atoms with Crippen LogP contribution in [0.3, 0.4) is 0 Å². The number of hydrogen-bond donors (Lipinski definition) is 2. The van der Waals surface area contributed by atoms with Gasteiger partial charge in [-0.05, 0) is 41.3 Å². The van der Waals surface area contributed by atoms with E-state index in [0.29, 0.717) is 17.8 Å². The molecule has 0 aliphatic heterocycles. The van der Waals surface area contributed by atoms with Crippen molar-refractivity contribution in [3.63, 3.8) is 0 Å². The number of aromatic nitrogens is 2. The minimum atomic E-state index is -4.12. The molecule has 0 atom stereocenters. The van der Waals surface area contributed by atoms with Crippen LogP contribution < -0.4 is 4.72 Å². The number of amides is 1. The van der Waals surface area contributed by atoms with Gasteiger partial charge >= 0.3 is 5.97 Å². The number of hydrogen-bond acceptors (Lipinski definition) is 5. The number of aryl methyl sites for hydroxylation is 1. The monoisotopic (exact) mass is 551 g/mol. The summed E-state index contributed by atoms with van der Waals surface area (Å²) < 4.78 is 29.3. The molecule has 1 amide bonds. The van der Waals surface area contributed by atoms with Crippen LogP contribution in [0.1, 0.15) is 52.0 Å². The fraction of sp³-hybridized carbons (Fsp3) is 0.179. The highest BCUT2D eigenvalue weighted by molar-refractivity contribution is 7.90. The maximum atomic E-state index is 13.2. The molecule has 196 valence electrons. The summed E-state index contributed by atoms with van der Waals surface area (Å²) in [6.45, 7) is 2.25. The lowest BCUT2D eigenvalue weighted by molar-refractivity contribution is 0.0697. The fourth-order valence-electron chi connectivity index (χ4n) is 4.10. The molecule has 0 aliphatic rings. The first-order chi connectivity index (χ1) is 18.2. The summed E-state index contributed by atoms with van der Waals surface area (Å²) >= 11 is 6.37. The lowest BCUT2D eigenvalue weighted by atomic mass is 9.99. The molecule has 4 aromatic rings. The zero-order valence-electron chi connectivity index (χ0n) is 20.6. The third kappa shape index (κ3) is 5.95. The van der Waals surface area contributed by atoms with E-state index >= 15 is 0 Å². The van der Waals surface area contributed by atoms with Gasteiger partial charge in [0.05, 0.1) is 10.5 Å². The molecule has 4 rings (SSSR count). The summed E-state index contributed by atoms with van der Waals surface area (Å²) in [7, 11) is -4.12. The van der Waals surface area contributed by atoms with E-state index in [4.69, 9.17) is 11.6 Å². The second-order valence-corrected chi connectivity index (χ2v) is 10.7. The van der Waals surface area contributed by atoms with Gasteiger partial charge in [0.2, 0.25) is 0 Å². The van der Waals surface area contributed by atoms with Gasteiger partial charge in [-0.15, -0.1) is 0 Å². The average molecular weight is 552 g/mol. The van der Waals surface area contributed by atoms with Gasteiger partial charge < -0.3 is 9.67 Å². The average Bonchev–Trinajstić information content (AvgIpc) is 3.22. The Bertz CT molecular complexity index is 1570. The summed E-state index contributed by atoms with van der Waals surface area (Å²) in [4.78, 5) is 29.1. The van der Waals surface area contributed by atoms with Gasteiger partial charge in [0.1, 0.15) is 11.5 Å². The van der Waals surface area contributed by atoms with E-state index in [1.807, 2.05) is 19.1 Å². The first-order valence-corrected chi connectivity index (χ1v) is 13.9. The Labute approximate surface area is 226 Å². The molecule has 0 aliphatic carbocycles. The zero-order valence-corrected chi connectivity index (χ0v) is 22.2. The fourth-order valence-corrected chi connectivity index (χ4v) is 5.36. The molecular weight excluding hydrogens is 526 g/mol. The van der Waals surface area contributed by atoms with Crippen molar-refractivity contribution in [2.24, 2.45) is 0 Å². The van der Waals surface area contributed by atoms with Gasteiger partial charge in [-0.3, -0.25) is 4.79 Å². The summed E-state index contributed by atoms with van der Waals surface area (Å²) in [5, 5.41) is 9.43. The van der Waals surface area contributed by atoms with Crippen molar-refractivity contribution in [3.05, 3.63) is 107 Å². The third-order valence-corrected chi connectivity index (χ3v) is 7.63. The maximum absolute atomic E-state index is 13.2. The van der Waals surface area contributed by atoms with Crippen LogP contribution in [-0.4, -0.2) is 35.0 Å². The molecule has 0 fully saturated rings. The van der Waals surface area contributed by atoms with Gasteiger partial charge in [-0.25, -0.2) is 22.9 Å². The van der Waals surface area contributed by atoms with Crippen molar-refractivity contribution >= 4 is 33.5 Å². The molecule has 8 nitrogen and oxygen atoms in total. The third-order valence-electron chi connectivity index (χ3n) is 6.02. The highest BCUT2D eigenvalue weighted by Crippen LogP contribution is 2.26. The number of unbranched alkanes of at least 4 members (excludes halogenated alkanes) is 1. The number of nitrogens with one attached hydrogen (secondary N) is 1. The Balaban J connectivity index is 1.66. The topological polar surface area (TPSA) is 118 Å². The summed E-state index contributed by atoms with van der Waals surface area (Å²) in [5.41, 5.74) is 2.27. The number of halogens is 1. The van der Waals surface area contributed by atoms with Crippen LogP contribution in [0.2, 0.25) is 5.15 Å². The van der Waals surface area contributed by atoms with Crippen LogP contribution in [-0.2, 0) is 23.0 Å². The van der Waals surface area contributed by atoms with Crippen molar-refractivity contribution in [1.29, 1.82) is 0 Å². The van der Waals surface area contributed by atoms with E-state index in [9.17, 15) is 23.1 Å². The van der Waals surface area contributed by atoms with Crippen LogP contribution in [0.5, 0.6) is 0 Å². The molecule has 10 heteroatoms. The molecule has 0 saturated heterocycles. The first-order valence-electron chi connectivity index (χ1n) is 12.0. The molecule has 0 saturated carbocycles. The van der Waals surface area contributed by atoms with Crippen LogP contribution in [0.4, 0.5) is 0 Å². The molecule has 3 aromatic carbocycles. The number of rotatable bonds is 10. The molecule has 0 radical (unpaired) electrons. The molecule has 2 N–H and O–H groups in total. The van der Waals surface area contributed by atoms with E-state index in [1.165, 1.54) is 12.1 Å². The van der Waals surface area contributed by atoms with Gasteiger partial charge in [-0.2, -0.15) is 0 Å². The number of carboxylic acids is 1. The number of sulfonamides is 1. The number of carbonyl (C=O) groups excluding carboxylic acids is 1. The first kappa shape index (κ1) is 27.1. The van der Waals surface area contributed by atoms with Crippen molar-refractivity contribution in [1.82, 2.24) is 14.3 Å². The largest absolute Gasteiger partial charge is 0.478 e. The Morgan fingerprint density at radius 1 is 0.974 bits per heavy atom. The molecule has 1 heterocycles. The normalized spacial score (nSPS) is 11.3. The van der Waals surface area contributed by atoms with Crippen molar-refractivity contribution < 1.29 is 23.1 Å². The number of aromatic carboxylic acids is 1. The van der Waals surface area contributed by atoms with Crippen LogP contribution >= 0.6 is 11.6 Å². The highest BCUT2D eigenvalue weighted by atomic mass is 35.5. The van der Waals surface area contributed by atoms with E-state index in [-0.39, 0.29) is 27.9 Å². The standard InChI is InChI=1S/C28H26ClN3O5S/c1-2-3-13-24-30-26(29)25(27(33)31-38(36,37)21-9-5-4-6-10-21)32(24)18-19-14-16-20(17-15-19)22-11-7-8-12-23(22)28(34)35/h4-12,14-17H,2-3,13,18H2,1H3,(H,31,33)(H,34,35). The number of imidazole rings is 1. The van der Waals surface area contributed by atoms with Crippen LogP contribution in [0.15, 0.2) is 83.8 Å². The van der Waals surface area contributed by atoms with E-state index in [2.05, 4.69) is 9.71 Å². The summed E-state index contributed by atoms with van der Waals surface area (Å²) in [6.07, 6.45) is 2.26. The number of carboxylic acid groups (broad SMARTS) is 1. The molecule has 0 unspecified atom stereocenters. The van der Waals surface area contributed by atoms with E-state index in [0.717, 1.165) is 24.0 Å². The predicted molar refractivity (Wildman–Crippen MR) is 145 cm³/mol. The summed E-state index contributed by atoms with van der Waals surface area (Å²) in [6, 6.07) is 21.6. The predicted octanol–water partition coefficient (Wildman–Crippen LogP) is 5.41. The maximum Gasteiger partial charge on any atom is 0.336 e. The van der Waals surface area contributed by atoms with Crippen molar-refractivity contribution in [2.75, 3.05) is 0 Å². The van der Waals surface area contributed by atoms with E-state index in [1.54, 1.807) is 59.2 Å². The molecule has 0 bridgehead atoms. The molecular formula is C28H26ClN3O5S. The van der Waals surface area contributed by atoms with Gasteiger partial charge in [-0.1, -0.05) is 85.6 Å². The number of nitrogens with zero attached hydrogens (tertiary/aromatic N) is 2. The highest BCUT2D eigenvalue weighted by Gasteiger charge is 2.26. The number of benzene rings is 3. The van der Waals surface area contributed by atoms with Crippen molar-refractivity contribution in [3.8, 4) is 11.1 Å². The Morgan fingerprint density at radius 3 is 2.29 bits per heavy atom. The van der Waals surface area contributed by atoms with Gasteiger partial charge in [0.25, 0.3) is 15.9 Å². The second-order valence-electron chi connectivity index (χ2n) is 8.65. The van der Waals surface area contributed by atoms with Crippen LogP contribution in [0, 0.1) is 0 Å². The lowest BCUT2D eigenvalue weighted by Gasteiger charge is -2.14. The zero-order chi connectivity index (χ0) is 27.3. The van der Waals surface area contributed by atoms with Gasteiger partial charge in [0.15, 0.2) is 5.15 Å². The van der Waals surface area contributed by atoms with E-state index < -0.39 is 21.9 Å². The molecule has 0 spiro atoms. The smallest absolute Gasteiger partial charge is 0.336 e. The SMILES string of the molecule is CCCCc1nc(Cl)c(C(=O)NS(=O)(=O)c2ccccc2)n1Cc1ccc(-c2ccccc2C(=O)O)cc1. The summed E-state index contributed by atoms with van der Waals surface area (Å²) in [5.74, 6) is -1.32. The Kier molecular flexibility index (Phi) is 8.29. The molecule has 38 heavy (non-hydrogen) atoms. The minimum Gasteiger partial charge on any atom is -0.478 e. The van der Waals surface area contributed by atoms with Crippen molar-refractivity contribution in [2.45, 2.75) is 37.6 Å². The minimum absolute atomic E-state index is 0.0426. The number of carbonyl (C=O) groups is 2. The Hall–Kier alpha value is -3.95. The lowest BCUT2D eigenvalue weighted by Crippen LogP contribution is -2.32. The van der Waals surface area contributed by atoms with Gasteiger partial charge in [0, 0.05) is 13.0 Å². The molecule has 1 aromatic heterocycles. The Morgan fingerprint density at radius 2 is 1.63 bits per heavy atom. The van der Waals surface area contributed by atoms with Crippen LogP contribution in [0.25, 0.3) is 11.1 Å².